The second-order valence-corrected chi connectivity index (χ2v) is 5.97. The average molecular weight is 474 g/mol. The number of aliphatic imine (C=N–C) groups is 1. The SMILES string of the molecule is CN=C(NCC(OC)c1ccc(F)cc1)NC1CCc2ncnn2C1.I. The van der Waals surface area contributed by atoms with Gasteiger partial charge in [-0.05, 0) is 24.1 Å². The van der Waals surface area contributed by atoms with Gasteiger partial charge < -0.3 is 15.4 Å². The second-order valence-electron chi connectivity index (χ2n) is 5.97. The minimum atomic E-state index is -0.256. The van der Waals surface area contributed by atoms with E-state index in [-0.39, 0.29) is 41.9 Å². The number of rotatable bonds is 5. The van der Waals surface area contributed by atoms with Crippen LogP contribution in [0.4, 0.5) is 4.39 Å². The van der Waals surface area contributed by atoms with Crippen molar-refractivity contribution in [3.05, 3.63) is 47.8 Å². The summed E-state index contributed by atoms with van der Waals surface area (Å²) in [5, 5.41) is 10.9. The van der Waals surface area contributed by atoms with E-state index in [2.05, 4.69) is 25.7 Å². The molecule has 2 N–H and O–H groups in total. The smallest absolute Gasteiger partial charge is 0.191 e. The zero-order valence-electron chi connectivity index (χ0n) is 14.9. The number of hydrogen-bond acceptors (Lipinski definition) is 4. The molecule has 0 radical (unpaired) electrons. The molecule has 1 aromatic carbocycles. The molecule has 0 saturated heterocycles. The number of nitrogens with zero attached hydrogens (tertiary/aromatic N) is 4. The van der Waals surface area contributed by atoms with Gasteiger partial charge in [-0.2, -0.15) is 5.10 Å². The fourth-order valence-electron chi connectivity index (χ4n) is 2.95. The van der Waals surface area contributed by atoms with Gasteiger partial charge in [0.05, 0.1) is 12.6 Å². The minimum absolute atomic E-state index is 0. The number of nitrogens with one attached hydrogen (secondary N) is 2. The lowest BCUT2D eigenvalue weighted by Crippen LogP contribution is -2.48. The van der Waals surface area contributed by atoms with E-state index in [1.54, 1.807) is 32.6 Å². The van der Waals surface area contributed by atoms with E-state index < -0.39 is 0 Å². The topological polar surface area (TPSA) is 76.4 Å². The third-order valence-electron chi connectivity index (χ3n) is 4.35. The molecule has 3 rings (SSSR count). The summed E-state index contributed by atoms with van der Waals surface area (Å²) in [7, 11) is 3.37. The molecule has 26 heavy (non-hydrogen) atoms. The number of guanidine groups is 1. The van der Waals surface area contributed by atoms with Crippen LogP contribution in [0.5, 0.6) is 0 Å². The van der Waals surface area contributed by atoms with E-state index in [4.69, 9.17) is 4.74 Å². The number of ether oxygens (including phenoxy) is 1. The van der Waals surface area contributed by atoms with Crippen LogP contribution in [0, 0.1) is 5.82 Å². The zero-order valence-corrected chi connectivity index (χ0v) is 17.2. The van der Waals surface area contributed by atoms with Crippen LogP contribution in [0.3, 0.4) is 0 Å². The van der Waals surface area contributed by atoms with Crippen molar-refractivity contribution in [2.45, 2.75) is 31.5 Å². The average Bonchev–Trinajstić information content (AvgIpc) is 3.10. The van der Waals surface area contributed by atoms with Gasteiger partial charge in [-0.25, -0.2) is 14.1 Å². The predicted molar refractivity (Wildman–Crippen MR) is 108 cm³/mol. The van der Waals surface area contributed by atoms with Gasteiger partial charge in [-0.1, -0.05) is 12.1 Å². The number of methoxy groups -OCH3 is 1. The standard InChI is InChI=1S/C17H23FN6O.HI/c1-19-17(23-14-7-8-16-21-11-22-24(16)10-14)20-9-15(25-2)12-3-5-13(18)6-4-12;/h3-6,11,14-15H,7-10H2,1-2H3,(H2,19,20,23);1H. The van der Waals surface area contributed by atoms with Gasteiger partial charge in [0.1, 0.15) is 18.0 Å². The quantitative estimate of drug-likeness (QED) is 0.394. The van der Waals surface area contributed by atoms with Crippen LogP contribution in [-0.4, -0.2) is 47.5 Å². The molecule has 0 aliphatic carbocycles. The maximum absolute atomic E-state index is 13.1. The monoisotopic (exact) mass is 474 g/mol. The van der Waals surface area contributed by atoms with Gasteiger partial charge in [-0.3, -0.25) is 4.99 Å². The molecule has 142 valence electrons. The van der Waals surface area contributed by atoms with Crippen molar-refractivity contribution in [3.63, 3.8) is 0 Å². The summed E-state index contributed by atoms with van der Waals surface area (Å²) in [6.45, 7) is 1.30. The van der Waals surface area contributed by atoms with E-state index in [0.717, 1.165) is 30.8 Å². The predicted octanol–water partition coefficient (Wildman–Crippen LogP) is 1.90. The highest BCUT2D eigenvalue weighted by Gasteiger charge is 2.21. The number of benzene rings is 1. The number of aryl methyl sites for hydroxylation is 1. The molecule has 2 heterocycles. The van der Waals surface area contributed by atoms with Gasteiger partial charge in [0.25, 0.3) is 0 Å². The fourth-order valence-corrected chi connectivity index (χ4v) is 2.95. The molecule has 2 unspecified atom stereocenters. The van der Waals surface area contributed by atoms with Gasteiger partial charge in [0.2, 0.25) is 0 Å². The summed E-state index contributed by atoms with van der Waals surface area (Å²) in [6.07, 6.45) is 3.28. The van der Waals surface area contributed by atoms with E-state index in [9.17, 15) is 4.39 Å². The molecule has 0 fully saturated rings. The summed E-state index contributed by atoms with van der Waals surface area (Å²) in [5.74, 6) is 1.48. The van der Waals surface area contributed by atoms with Crippen molar-refractivity contribution in [2.24, 2.45) is 4.99 Å². The van der Waals surface area contributed by atoms with Crippen molar-refractivity contribution in [1.82, 2.24) is 25.4 Å². The van der Waals surface area contributed by atoms with Crippen LogP contribution in [0.2, 0.25) is 0 Å². The Hall–Kier alpha value is -1.75. The van der Waals surface area contributed by atoms with Crippen LogP contribution < -0.4 is 10.6 Å². The lowest BCUT2D eigenvalue weighted by Gasteiger charge is -2.26. The van der Waals surface area contributed by atoms with Gasteiger partial charge >= 0.3 is 0 Å². The molecular weight excluding hydrogens is 450 g/mol. The molecule has 0 bridgehead atoms. The summed E-state index contributed by atoms with van der Waals surface area (Å²) in [4.78, 5) is 8.51. The highest BCUT2D eigenvalue weighted by Crippen LogP contribution is 2.16. The van der Waals surface area contributed by atoms with E-state index in [1.807, 2.05) is 4.68 Å². The Labute approximate surface area is 169 Å². The summed E-state index contributed by atoms with van der Waals surface area (Å²) in [6, 6.07) is 6.58. The van der Waals surface area contributed by atoms with Crippen LogP contribution in [-0.2, 0) is 17.7 Å². The molecule has 0 spiro atoms. The first-order valence-corrected chi connectivity index (χ1v) is 8.31. The molecule has 0 saturated carbocycles. The first kappa shape index (κ1) is 20.6. The molecule has 2 atom stereocenters. The lowest BCUT2D eigenvalue weighted by atomic mass is 10.1. The van der Waals surface area contributed by atoms with Crippen molar-refractivity contribution in [1.29, 1.82) is 0 Å². The molecule has 1 aliphatic heterocycles. The van der Waals surface area contributed by atoms with Crippen LogP contribution in [0.15, 0.2) is 35.6 Å². The van der Waals surface area contributed by atoms with Crippen molar-refractivity contribution in [2.75, 3.05) is 20.7 Å². The van der Waals surface area contributed by atoms with Crippen molar-refractivity contribution >= 4 is 29.9 Å². The van der Waals surface area contributed by atoms with E-state index in [1.165, 1.54) is 12.1 Å². The molecule has 2 aromatic rings. The summed E-state index contributed by atoms with van der Waals surface area (Å²) in [5.41, 5.74) is 0.914. The number of hydrogen-bond donors (Lipinski definition) is 2. The van der Waals surface area contributed by atoms with Crippen molar-refractivity contribution in [3.8, 4) is 0 Å². The van der Waals surface area contributed by atoms with Crippen LogP contribution in [0.1, 0.15) is 23.9 Å². The Kier molecular flexibility index (Phi) is 7.76. The number of fused-ring (bicyclic) bond motifs is 1. The summed E-state index contributed by atoms with van der Waals surface area (Å²) < 4.78 is 20.5. The third kappa shape index (κ3) is 5.13. The van der Waals surface area contributed by atoms with Gasteiger partial charge in [0.15, 0.2) is 5.96 Å². The highest BCUT2D eigenvalue weighted by atomic mass is 127. The maximum Gasteiger partial charge on any atom is 0.191 e. The molecule has 7 nitrogen and oxygen atoms in total. The van der Waals surface area contributed by atoms with Gasteiger partial charge in [0, 0.05) is 33.2 Å². The number of halogens is 2. The van der Waals surface area contributed by atoms with Crippen molar-refractivity contribution < 1.29 is 9.13 Å². The molecule has 0 amide bonds. The Morgan fingerprint density at radius 1 is 1.42 bits per heavy atom. The Morgan fingerprint density at radius 3 is 2.88 bits per heavy atom. The Morgan fingerprint density at radius 2 is 2.19 bits per heavy atom. The Balaban J connectivity index is 0.00000243. The minimum Gasteiger partial charge on any atom is -0.375 e. The molecule has 1 aliphatic rings. The third-order valence-corrected chi connectivity index (χ3v) is 4.35. The molecular formula is C17H24FIN6O. The maximum atomic E-state index is 13.1. The van der Waals surface area contributed by atoms with Gasteiger partial charge in [-0.15, -0.1) is 24.0 Å². The first-order chi connectivity index (χ1) is 12.2. The lowest BCUT2D eigenvalue weighted by molar-refractivity contribution is 0.106. The normalized spacial score (nSPS) is 17.8. The molecule has 9 heteroatoms. The van der Waals surface area contributed by atoms with Crippen LogP contribution in [0.25, 0.3) is 0 Å². The summed E-state index contributed by atoms with van der Waals surface area (Å²) >= 11 is 0. The van der Waals surface area contributed by atoms with E-state index >= 15 is 0 Å². The highest BCUT2D eigenvalue weighted by molar-refractivity contribution is 14.0. The second kappa shape index (κ2) is 9.81. The number of aromatic nitrogens is 3. The Bertz CT molecular complexity index is 720. The molecule has 1 aromatic heterocycles. The van der Waals surface area contributed by atoms with Crippen LogP contribution >= 0.6 is 24.0 Å². The van der Waals surface area contributed by atoms with E-state index in [0.29, 0.717) is 12.5 Å². The fraction of sp³-hybridized carbons (Fsp3) is 0.471. The first-order valence-electron chi connectivity index (χ1n) is 8.31. The largest absolute Gasteiger partial charge is 0.375 e. The zero-order chi connectivity index (χ0) is 17.6.